The Bertz CT molecular complexity index is 635. The lowest BCUT2D eigenvalue weighted by atomic mass is 10.1. The van der Waals surface area contributed by atoms with Gasteiger partial charge in [-0.25, -0.2) is 4.99 Å². The highest BCUT2D eigenvalue weighted by Gasteiger charge is 2.16. The fourth-order valence-corrected chi connectivity index (χ4v) is 2.13. The number of hydrogen-bond donors (Lipinski definition) is 4. The van der Waals surface area contributed by atoms with Crippen LogP contribution in [0.5, 0.6) is 0 Å². The van der Waals surface area contributed by atoms with Crippen LogP contribution in [0.4, 0.5) is 0 Å². The highest BCUT2D eigenvalue weighted by atomic mass is 127. The molecule has 0 heterocycles. The number of hydrogen-bond acceptors (Lipinski definition) is 4. The molecule has 1 aromatic carbocycles. The average molecular weight is 507 g/mol. The van der Waals surface area contributed by atoms with Gasteiger partial charge in [0.05, 0.1) is 13.1 Å². The molecular weight excluding hydrogens is 477 g/mol. The smallest absolute Gasteiger partial charge is 0.251 e. The normalized spacial score (nSPS) is 11.3. The molecule has 1 aromatic rings. The summed E-state index contributed by atoms with van der Waals surface area (Å²) in [6.07, 6.45) is 2.09. The summed E-state index contributed by atoms with van der Waals surface area (Å²) in [5.74, 6) is -0.136. The summed E-state index contributed by atoms with van der Waals surface area (Å²) in [7, 11) is 0. The zero-order valence-electron chi connectivity index (χ0n) is 16.3. The van der Waals surface area contributed by atoms with Crippen LogP contribution in [0.25, 0.3) is 0 Å². The van der Waals surface area contributed by atoms with E-state index in [0.717, 1.165) is 24.6 Å². The van der Waals surface area contributed by atoms with E-state index in [1.54, 1.807) is 23.9 Å². The summed E-state index contributed by atoms with van der Waals surface area (Å²) in [5.41, 5.74) is 6.48. The third-order valence-electron chi connectivity index (χ3n) is 3.64. The number of halogens is 1. The number of primary amides is 1. The molecule has 0 bridgehead atoms. The third-order valence-corrected chi connectivity index (χ3v) is 4.89. The second-order valence-electron chi connectivity index (χ2n) is 6.36. The quantitative estimate of drug-likeness (QED) is 0.231. The maximum atomic E-state index is 11.9. The van der Waals surface area contributed by atoms with Crippen molar-refractivity contribution < 1.29 is 9.59 Å². The van der Waals surface area contributed by atoms with E-state index in [4.69, 9.17) is 5.73 Å². The van der Waals surface area contributed by atoms with Crippen molar-refractivity contribution >= 4 is 53.5 Å². The van der Waals surface area contributed by atoms with Crippen LogP contribution >= 0.6 is 35.7 Å². The Morgan fingerprint density at radius 3 is 2.30 bits per heavy atom. The number of nitrogens with one attached hydrogen (secondary N) is 3. The van der Waals surface area contributed by atoms with Gasteiger partial charge in [0.1, 0.15) is 0 Å². The topological polar surface area (TPSA) is 109 Å². The molecule has 7 nitrogen and oxygen atoms in total. The maximum absolute atomic E-state index is 11.9. The fraction of sp³-hybridized carbons (Fsp3) is 0.500. The third kappa shape index (κ3) is 10.4. The van der Waals surface area contributed by atoms with E-state index in [9.17, 15) is 9.59 Å². The lowest BCUT2D eigenvalue weighted by Gasteiger charge is -2.23. The molecule has 0 aliphatic heterocycles. The van der Waals surface area contributed by atoms with Crippen LogP contribution in [0.2, 0.25) is 0 Å². The first kappa shape index (κ1) is 25.5. The highest BCUT2D eigenvalue weighted by molar-refractivity contribution is 14.0. The number of nitrogens with two attached hydrogens (primary N) is 1. The second-order valence-corrected chi connectivity index (χ2v) is 7.87. The molecule has 0 aliphatic carbocycles. The molecule has 0 unspecified atom stereocenters. The lowest BCUT2D eigenvalue weighted by Crippen LogP contribution is -2.43. The molecule has 2 amide bonds. The molecule has 0 saturated heterocycles. The van der Waals surface area contributed by atoms with Gasteiger partial charge in [0, 0.05) is 23.4 Å². The Morgan fingerprint density at radius 1 is 1.15 bits per heavy atom. The summed E-state index contributed by atoms with van der Waals surface area (Å²) in [5, 5.41) is 9.04. The molecule has 0 aliphatic rings. The molecule has 0 aromatic heterocycles. The largest absolute Gasteiger partial charge is 0.368 e. The molecular formula is C18H30IN5O2S. The van der Waals surface area contributed by atoms with Crippen molar-refractivity contribution in [2.24, 2.45) is 10.7 Å². The lowest BCUT2D eigenvalue weighted by molar-refractivity contribution is -0.117. The maximum Gasteiger partial charge on any atom is 0.251 e. The van der Waals surface area contributed by atoms with Crippen LogP contribution in [-0.4, -0.2) is 48.4 Å². The molecule has 1 rings (SSSR count). The van der Waals surface area contributed by atoms with Crippen LogP contribution in [-0.2, 0) is 11.3 Å². The van der Waals surface area contributed by atoms with Gasteiger partial charge in [-0.1, -0.05) is 12.1 Å². The minimum absolute atomic E-state index is 0. The Morgan fingerprint density at radius 2 is 1.78 bits per heavy atom. The van der Waals surface area contributed by atoms with Crippen molar-refractivity contribution in [3.8, 4) is 0 Å². The van der Waals surface area contributed by atoms with Crippen molar-refractivity contribution in [1.29, 1.82) is 0 Å². The van der Waals surface area contributed by atoms with Gasteiger partial charge < -0.3 is 21.7 Å². The van der Waals surface area contributed by atoms with Crippen LogP contribution in [0.1, 0.15) is 36.7 Å². The van der Waals surface area contributed by atoms with E-state index in [1.807, 2.05) is 19.1 Å². The second kappa shape index (κ2) is 12.8. The van der Waals surface area contributed by atoms with Gasteiger partial charge in [0.15, 0.2) is 5.96 Å². The van der Waals surface area contributed by atoms with Gasteiger partial charge >= 0.3 is 0 Å². The van der Waals surface area contributed by atoms with Crippen molar-refractivity contribution in [1.82, 2.24) is 16.0 Å². The van der Waals surface area contributed by atoms with Crippen molar-refractivity contribution in [2.75, 3.05) is 25.9 Å². The van der Waals surface area contributed by atoms with Crippen molar-refractivity contribution in [3.05, 3.63) is 35.4 Å². The first-order valence-corrected chi connectivity index (χ1v) is 9.72. The number of carbonyl (C=O) groups excluding carboxylic acids is 2. The molecule has 152 valence electrons. The first-order chi connectivity index (χ1) is 12.3. The Labute approximate surface area is 182 Å². The number of guanidine groups is 1. The Kier molecular flexibility index (Phi) is 12.1. The number of thioether (sulfide) groups is 1. The zero-order chi connectivity index (χ0) is 19.6. The van der Waals surface area contributed by atoms with Gasteiger partial charge in [-0.05, 0) is 44.7 Å². The van der Waals surface area contributed by atoms with E-state index >= 15 is 0 Å². The van der Waals surface area contributed by atoms with E-state index in [0.29, 0.717) is 12.1 Å². The molecule has 0 radical (unpaired) electrons. The van der Waals surface area contributed by atoms with Crippen LogP contribution < -0.4 is 21.7 Å². The monoisotopic (exact) mass is 507 g/mol. The number of nitrogens with zero attached hydrogens (tertiary/aromatic N) is 1. The SMILES string of the molecule is CCNC(=NCc1ccc(C(=O)NCC(N)=O)cc1)NCC(C)(C)SC.I. The molecule has 0 spiro atoms. The fourth-order valence-electron chi connectivity index (χ4n) is 1.91. The van der Waals surface area contributed by atoms with Gasteiger partial charge in [-0.3, -0.25) is 9.59 Å². The molecule has 5 N–H and O–H groups in total. The van der Waals surface area contributed by atoms with E-state index in [-0.39, 0.29) is 41.2 Å². The number of benzene rings is 1. The first-order valence-electron chi connectivity index (χ1n) is 8.50. The summed E-state index contributed by atoms with van der Waals surface area (Å²) < 4.78 is 0.121. The summed E-state index contributed by atoms with van der Waals surface area (Å²) >= 11 is 1.80. The number of aliphatic imine (C=N–C) groups is 1. The van der Waals surface area contributed by atoms with Crippen molar-refractivity contribution in [3.63, 3.8) is 0 Å². The summed E-state index contributed by atoms with van der Waals surface area (Å²) in [6, 6.07) is 7.10. The van der Waals surface area contributed by atoms with Gasteiger partial charge in [-0.15, -0.1) is 24.0 Å². The summed E-state index contributed by atoms with van der Waals surface area (Å²) in [6.45, 7) is 8.29. The average Bonchev–Trinajstić information content (AvgIpc) is 2.62. The zero-order valence-corrected chi connectivity index (χ0v) is 19.4. The minimum Gasteiger partial charge on any atom is -0.368 e. The predicted octanol–water partition coefficient (Wildman–Crippen LogP) is 1.72. The van der Waals surface area contributed by atoms with E-state index < -0.39 is 5.91 Å². The van der Waals surface area contributed by atoms with Crippen molar-refractivity contribution in [2.45, 2.75) is 32.1 Å². The molecule has 0 atom stereocenters. The number of amides is 2. The van der Waals surface area contributed by atoms with Crippen LogP contribution in [0.3, 0.4) is 0 Å². The van der Waals surface area contributed by atoms with Gasteiger partial charge in [0.25, 0.3) is 5.91 Å². The number of rotatable bonds is 9. The van der Waals surface area contributed by atoms with Crippen LogP contribution in [0, 0.1) is 0 Å². The highest BCUT2D eigenvalue weighted by Crippen LogP contribution is 2.19. The molecule has 0 fully saturated rings. The Hall–Kier alpha value is -1.49. The molecule has 9 heteroatoms. The predicted molar refractivity (Wildman–Crippen MR) is 124 cm³/mol. The Balaban J connectivity index is 0.00000676. The standard InChI is InChI=1S/C18H29N5O2S.HI/c1-5-20-17(23-12-18(2,3)26-4)22-10-13-6-8-14(9-7-13)16(25)21-11-15(19)24;/h6-9H,5,10-12H2,1-4H3,(H2,19,24)(H,21,25)(H2,20,22,23);1H. The molecule has 0 saturated carbocycles. The number of carbonyl (C=O) groups is 2. The molecule has 27 heavy (non-hydrogen) atoms. The minimum atomic E-state index is -0.572. The summed E-state index contributed by atoms with van der Waals surface area (Å²) in [4.78, 5) is 27.1. The van der Waals surface area contributed by atoms with Crippen LogP contribution in [0.15, 0.2) is 29.3 Å². The van der Waals surface area contributed by atoms with E-state index in [2.05, 4.69) is 41.0 Å². The van der Waals surface area contributed by atoms with Gasteiger partial charge in [-0.2, -0.15) is 11.8 Å². The van der Waals surface area contributed by atoms with Gasteiger partial charge in [0.2, 0.25) is 5.91 Å². The van der Waals surface area contributed by atoms with E-state index in [1.165, 1.54) is 0 Å².